The molecule has 0 aliphatic heterocycles. The highest BCUT2D eigenvalue weighted by molar-refractivity contribution is 5.86. The number of hydrogen-bond acceptors (Lipinski definition) is 2. The SMILES string of the molecule is N#CC(C(=O)NCc1ccc(F)cc1F)c1ccccc1. The van der Waals surface area contributed by atoms with Crippen LogP contribution in [0.2, 0.25) is 0 Å². The molecule has 0 spiro atoms. The maximum atomic E-state index is 13.5. The third-order valence-corrected chi connectivity index (χ3v) is 2.99. The molecule has 21 heavy (non-hydrogen) atoms. The van der Waals surface area contributed by atoms with Crippen LogP contribution in [0.5, 0.6) is 0 Å². The maximum Gasteiger partial charge on any atom is 0.242 e. The molecule has 5 heteroatoms. The van der Waals surface area contributed by atoms with Crippen molar-refractivity contribution in [2.75, 3.05) is 0 Å². The molecule has 3 nitrogen and oxygen atoms in total. The second kappa shape index (κ2) is 6.62. The van der Waals surface area contributed by atoms with E-state index in [0.717, 1.165) is 12.1 Å². The number of nitrogens with zero attached hydrogens (tertiary/aromatic N) is 1. The standard InChI is InChI=1S/C16H12F2N2O/c17-13-7-6-12(15(18)8-13)10-20-16(21)14(9-19)11-4-2-1-3-5-11/h1-8,14H,10H2,(H,20,21). The van der Waals surface area contributed by atoms with Crippen LogP contribution >= 0.6 is 0 Å². The molecule has 0 radical (unpaired) electrons. The van der Waals surface area contributed by atoms with Crippen LogP contribution in [0.3, 0.4) is 0 Å². The molecule has 2 aromatic carbocycles. The van der Waals surface area contributed by atoms with Crippen LogP contribution in [0.4, 0.5) is 8.78 Å². The second-order valence-corrected chi connectivity index (χ2v) is 4.43. The van der Waals surface area contributed by atoms with Gasteiger partial charge in [0.1, 0.15) is 17.6 Å². The fourth-order valence-corrected chi connectivity index (χ4v) is 1.88. The van der Waals surface area contributed by atoms with E-state index in [2.05, 4.69) is 5.32 Å². The predicted octanol–water partition coefficient (Wildman–Crippen LogP) is 2.89. The van der Waals surface area contributed by atoms with Gasteiger partial charge in [0.05, 0.1) is 6.07 Å². The minimum atomic E-state index is -0.963. The Balaban J connectivity index is 2.06. The highest BCUT2D eigenvalue weighted by Gasteiger charge is 2.19. The van der Waals surface area contributed by atoms with Crippen molar-refractivity contribution < 1.29 is 13.6 Å². The summed E-state index contributed by atoms with van der Waals surface area (Å²) < 4.78 is 26.2. The van der Waals surface area contributed by atoms with Gasteiger partial charge in [-0.2, -0.15) is 5.26 Å². The van der Waals surface area contributed by atoms with Gasteiger partial charge in [-0.3, -0.25) is 4.79 Å². The zero-order chi connectivity index (χ0) is 15.2. The van der Waals surface area contributed by atoms with Crippen molar-refractivity contribution in [3.63, 3.8) is 0 Å². The van der Waals surface area contributed by atoms with E-state index < -0.39 is 23.5 Å². The summed E-state index contributed by atoms with van der Waals surface area (Å²) in [5, 5.41) is 11.6. The largest absolute Gasteiger partial charge is 0.350 e. The molecule has 106 valence electrons. The van der Waals surface area contributed by atoms with Crippen LogP contribution in [0.25, 0.3) is 0 Å². The lowest BCUT2D eigenvalue weighted by Crippen LogP contribution is -2.28. The van der Waals surface area contributed by atoms with Crippen LogP contribution in [0.15, 0.2) is 48.5 Å². The van der Waals surface area contributed by atoms with Gasteiger partial charge in [0.15, 0.2) is 0 Å². The molecule has 1 N–H and O–H groups in total. The van der Waals surface area contributed by atoms with Crippen molar-refractivity contribution in [3.8, 4) is 6.07 Å². The van der Waals surface area contributed by atoms with Gasteiger partial charge in [0, 0.05) is 18.2 Å². The fourth-order valence-electron chi connectivity index (χ4n) is 1.88. The van der Waals surface area contributed by atoms with Gasteiger partial charge >= 0.3 is 0 Å². The highest BCUT2D eigenvalue weighted by atomic mass is 19.1. The lowest BCUT2D eigenvalue weighted by Gasteiger charge is -2.11. The summed E-state index contributed by atoms with van der Waals surface area (Å²) in [5.41, 5.74) is 0.728. The van der Waals surface area contributed by atoms with Crippen molar-refractivity contribution in [2.45, 2.75) is 12.5 Å². The number of nitrogens with one attached hydrogen (secondary N) is 1. The molecule has 0 bridgehead atoms. The number of benzene rings is 2. The van der Waals surface area contributed by atoms with E-state index in [1.165, 1.54) is 6.07 Å². The molecule has 0 aliphatic carbocycles. The Kier molecular flexibility index (Phi) is 4.62. The summed E-state index contributed by atoms with van der Waals surface area (Å²) in [4.78, 5) is 12.0. The monoisotopic (exact) mass is 286 g/mol. The Labute approximate surface area is 120 Å². The Hall–Kier alpha value is -2.74. The first-order valence-electron chi connectivity index (χ1n) is 6.28. The Bertz CT molecular complexity index is 680. The van der Waals surface area contributed by atoms with Crippen LogP contribution < -0.4 is 5.32 Å². The van der Waals surface area contributed by atoms with Crippen molar-refractivity contribution in [2.24, 2.45) is 0 Å². The van der Waals surface area contributed by atoms with E-state index in [9.17, 15) is 13.6 Å². The van der Waals surface area contributed by atoms with E-state index in [0.29, 0.717) is 5.56 Å². The molecule has 2 aromatic rings. The van der Waals surface area contributed by atoms with Gasteiger partial charge in [-0.15, -0.1) is 0 Å². The van der Waals surface area contributed by atoms with Crippen molar-refractivity contribution in [1.82, 2.24) is 5.32 Å². The first-order chi connectivity index (χ1) is 10.1. The molecule has 0 saturated carbocycles. The van der Waals surface area contributed by atoms with E-state index >= 15 is 0 Å². The number of carbonyl (C=O) groups is 1. The van der Waals surface area contributed by atoms with E-state index in [-0.39, 0.29) is 12.1 Å². The minimum absolute atomic E-state index is 0.101. The second-order valence-electron chi connectivity index (χ2n) is 4.43. The third-order valence-electron chi connectivity index (χ3n) is 2.99. The van der Waals surface area contributed by atoms with Crippen LogP contribution in [-0.4, -0.2) is 5.91 Å². The van der Waals surface area contributed by atoms with Crippen molar-refractivity contribution in [1.29, 1.82) is 5.26 Å². The average molecular weight is 286 g/mol. The van der Waals surface area contributed by atoms with E-state index in [1.807, 2.05) is 6.07 Å². The number of amides is 1. The number of rotatable bonds is 4. The quantitative estimate of drug-likeness (QED) is 0.939. The van der Waals surface area contributed by atoms with Gasteiger partial charge in [0.25, 0.3) is 0 Å². The Morgan fingerprint density at radius 3 is 2.52 bits per heavy atom. The molecular formula is C16H12F2N2O. The fraction of sp³-hybridized carbons (Fsp3) is 0.125. The molecule has 0 fully saturated rings. The molecule has 0 aliphatic rings. The van der Waals surface area contributed by atoms with Crippen LogP contribution in [0.1, 0.15) is 17.0 Å². The van der Waals surface area contributed by atoms with Gasteiger partial charge in [-0.1, -0.05) is 36.4 Å². The van der Waals surface area contributed by atoms with Crippen molar-refractivity contribution >= 4 is 5.91 Å². The first-order valence-corrected chi connectivity index (χ1v) is 6.28. The topological polar surface area (TPSA) is 52.9 Å². The summed E-state index contributed by atoms with van der Waals surface area (Å²) in [7, 11) is 0. The highest BCUT2D eigenvalue weighted by Crippen LogP contribution is 2.15. The average Bonchev–Trinajstić information content (AvgIpc) is 2.48. The van der Waals surface area contributed by atoms with E-state index in [4.69, 9.17) is 5.26 Å². The summed E-state index contributed by atoms with van der Waals surface area (Å²) >= 11 is 0. The molecule has 0 aromatic heterocycles. The molecule has 1 atom stereocenters. The molecule has 1 amide bonds. The Morgan fingerprint density at radius 1 is 1.19 bits per heavy atom. The lowest BCUT2D eigenvalue weighted by atomic mass is 10.00. The zero-order valence-corrected chi connectivity index (χ0v) is 11.0. The van der Waals surface area contributed by atoms with Crippen molar-refractivity contribution in [3.05, 3.63) is 71.3 Å². The number of halogens is 2. The number of carbonyl (C=O) groups excluding carboxylic acids is 1. The molecule has 2 rings (SSSR count). The third kappa shape index (κ3) is 3.63. The zero-order valence-electron chi connectivity index (χ0n) is 11.0. The Morgan fingerprint density at radius 2 is 1.90 bits per heavy atom. The number of nitriles is 1. The minimum Gasteiger partial charge on any atom is -0.350 e. The molecular weight excluding hydrogens is 274 g/mol. The summed E-state index contributed by atoms with van der Waals surface area (Å²) in [6.07, 6.45) is 0. The van der Waals surface area contributed by atoms with Gasteiger partial charge in [0.2, 0.25) is 5.91 Å². The predicted molar refractivity (Wildman–Crippen MR) is 73.0 cm³/mol. The molecule has 0 heterocycles. The summed E-state index contributed by atoms with van der Waals surface area (Å²) in [6, 6.07) is 13.6. The van der Waals surface area contributed by atoms with Gasteiger partial charge < -0.3 is 5.32 Å². The van der Waals surface area contributed by atoms with Crippen LogP contribution in [0, 0.1) is 23.0 Å². The number of hydrogen-bond donors (Lipinski definition) is 1. The maximum absolute atomic E-state index is 13.5. The first kappa shape index (κ1) is 14.7. The molecule has 1 unspecified atom stereocenters. The summed E-state index contributed by atoms with van der Waals surface area (Å²) in [6.45, 7) is -0.101. The molecule has 0 saturated heterocycles. The van der Waals surface area contributed by atoms with Crippen LogP contribution in [-0.2, 0) is 11.3 Å². The van der Waals surface area contributed by atoms with Gasteiger partial charge in [-0.25, -0.2) is 8.78 Å². The lowest BCUT2D eigenvalue weighted by molar-refractivity contribution is -0.121. The van der Waals surface area contributed by atoms with E-state index in [1.54, 1.807) is 30.3 Å². The smallest absolute Gasteiger partial charge is 0.242 e. The summed E-state index contributed by atoms with van der Waals surface area (Å²) in [5.74, 6) is -2.90. The normalized spacial score (nSPS) is 11.5. The van der Waals surface area contributed by atoms with Gasteiger partial charge in [-0.05, 0) is 11.6 Å².